The molecule has 0 bridgehead atoms. The Bertz CT molecular complexity index is 1340. The van der Waals surface area contributed by atoms with E-state index < -0.39 is 0 Å². The van der Waals surface area contributed by atoms with Crippen molar-refractivity contribution in [3.8, 4) is 34.9 Å². The van der Waals surface area contributed by atoms with Crippen LogP contribution < -0.4 is 0 Å². The van der Waals surface area contributed by atoms with Crippen LogP contribution in [-0.4, -0.2) is 19.5 Å². The molecule has 0 radical (unpaired) electrons. The Balaban J connectivity index is 1.77. The van der Waals surface area contributed by atoms with Crippen LogP contribution in [0.4, 0.5) is 0 Å². The van der Waals surface area contributed by atoms with Crippen molar-refractivity contribution in [3.63, 3.8) is 0 Å². The van der Waals surface area contributed by atoms with Gasteiger partial charge in [0.05, 0.1) is 11.0 Å². The highest BCUT2D eigenvalue weighted by atomic mass is 15.1. The van der Waals surface area contributed by atoms with E-state index in [9.17, 15) is 10.5 Å². The smallest absolute Gasteiger partial charge is 0.177 e. The molecule has 0 saturated carbocycles. The SMILES string of the molecule is CCCCCCCCCn1c(-c2nc(C#N)c(C#N)nc2-c2ccccc2)nc2ccccc21. The maximum atomic E-state index is 9.62. The summed E-state index contributed by atoms with van der Waals surface area (Å²) in [5, 5.41) is 19.2. The van der Waals surface area contributed by atoms with Crippen LogP contribution in [-0.2, 0) is 6.54 Å². The summed E-state index contributed by atoms with van der Waals surface area (Å²) in [6, 6.07) is 21.7. The van der Waals surface area contributed by atoms with Crippen LogP contribution in [0.3, 0.4) is 0 Å². The number of nitriles is 2. The molecule has 4 rings (SSSR count). The quantitative estimate of drug-likeness (QED) is 0.253. The first-order chi connectivity index (χ1) is 16.8. The summed E-state index contributed by atoms with van der Waals surface area (Å²) in [5.41, 5.74) is 3.89. The Morgan fingerprint density at radius 2 is 1.32 bits per heavy atom. The second-order valence-corrected chi connectivity index (χ2v) is 8.40. The van der Waals surface area contributed by atoms with E-state index in [0.29, 0.717) is 17.2 Å². The number of aromatic nitrogens is 4. The average molecular weight is 449 g/mol. The molecule has 170 valence electrons. The zero-order valence-corrected chi connectivity index (χ0v) is 19.5. The molecule has 0 unspecified atom stereocenters. The predicted molar refractivity (Wildman–Crippen MR) is 134 cm³/mol. The summed E-state index contributed by atoms with van der Waals surface area (Å²) in [7, 11) is 0. The highest BCUT2D eigenvalue weighted by Gasteiger charge is 2.22. The lowest BCUT2D eigenvalue weighted by atomic mass is 10.1. The number of aryl methyl sites for hydroxylation is 1. The maximum Gasteiger partial charge on any atom is 0.177 e. The number of para-hydroxylation sites is 2. The summed E-state index contributed by atoms with van der Waals surface area (Å²) in [5.74, 6) is 0.680. The minimum Gasteiger partial charge on any atom is -0.323 e. The van der Waals surface area contributed by atoms with Gasteiger partial charge in [0.15, 0.2) is 17.2 Å². The molecular formula is C28H28N6. The van der Waals surface area contributed by atoms with E-state index in [1.54, 1.807) is 0 Å². The summed E-state index contributed by atoms with van der Waals surface area (Å²) in [6.45, 7) is 3.04. The summed E-state index contributed by atoms with van der Waals surface area (Å²) < 4.78 is 2.19. The van der Waals surface area contributed by atoms with Crippen molar-refractivity contribution in [3.05, 3.63) is 66.0 Å². The first-order valence-corrected chi connectivity index (χ1v) is 12.0. The monoisotopic (exact) mass is 448 g/mol. The summed E-state index contributed by atoms with van der Waals surface area (Å²) in [4.78, 5) is 14.1. The number of hydrogen-bond acceptors (Lipinski definition) is 5. The van der Waals surface area contributed by atoms with Crippen molar-refractivity contribution in [1.82, 2.24) is 19.5 Å². The predicted octanol–water partition coefficient (Wildman–Crippen LogP) is 6.65. The van der Waals surface area contributed by atoms with Gasteiger partial charge in [0, 0.05) is 12.1 Å². The topological polar surface area (TPSA) is 91.2 Å². The van der Waals surface area contributed by atoms with Crippen LogP contribution in [0.5, 0.6) is 0 Å². The standard InChI is InChI=1S/C28H28N6/c1-2-3-4-5-6-7-13-18-34-25-17-12-11-16-22(25)33-28(34)27-26(21-14-9-8-10-15-21)31-23(19-29)24(20-30)32-27/h8-12,14-17H,2-7,13,18H2,1H3. The van der Waals surface area contributed by atoms with Gasteiger partial charge in [0.1, 0.15) is 23.5 Å². The van der Waals surface area contributed by atoms with Crippen molar-refractivity contribution >= 4 is 11.0 Å². The van der Waals surface area contributed by atoms with Gasteiger partial charge in [-0.1, -0.05) is 87.9 Å². The van der Waals surface area contributed by atoms with Crippen LogP contribution >= 0.6 is 0 Å². The Labute approximate surface area is 200 Å². The second kappa shape index (κ2) is 11.2. The van der Waals surface area contributed by atoms with E-state index in [0.717, 1.165) is 36.0 Å². The minimum atomic E-state index is 0.0201. The Hall–Kier alpha value is -4.03. The Morgan fingerprint density at radius 3 is 2.03 bits per heavy atom. The number of hydrogen-bond donors (Lipinski definition) is 0. The third kappa shape index (κ3) is 4.97. The van der Waals surface area contributed by atoms with Gasteiger partial charge in [0.25, 0.3) is 0 Å². The van der Waals surface area contributed by atoms with Crippen molar-refractivity contribution in [2.45, 2.75) is 58.4 Å². The van der Waals surface area contributed by atoms with Gasteiger partial charge in [-0.25, -0.2) is 15.0 Å². The maximum absolute atomic E-state index is 9.62. The first-order valence-electron chi connectivity index (χ1n) is 12.0. The number of nitrogens with zero attached hydrogens (tertiary/aromatic N) is 6. The normalized spacial score (nSPS) is 10.8. The van der Waals surface area contributed by atoms with Crippen molar-refractivity contribution in [2.75, 3.05) is 0 Å². The van der Waals surface area contributed by atoms with Gasteiger partial charge in [-0.15, -0.1) is 0 Å². The number of unbranched alkanes of at least 4 members (excludes halogenated alkanes) is 6. The fourth-order valence-electron chi connectivity index (χ4n) is 4.25. The molecule has 0 N–H and O–H groups in total. The first kappa shape index (κ1) is 23.1. The van der Waals surface area contributed by atoms with E-state index in [2.05, 4.69) is 27.5 Å². The molecule has 6 heteroatoms. The lowest BCUT2D eigenvalue weighted by Gasteiger charge is -2.13. The number of imidazole rings is 1. The zero-order valence-electron chi connectivity index (χ0n) is 19.5. The molecule has 0 spiro atoms. The van der Waals surface area contributed by atoms with Crippen molar-refractivity contribution in [1.29, 1.82) is 10.5 Å². The third-order valence-corrected chi connectivity index (χ3v) is 6.01. The molecule has 0 aliphatic rings. The zero-order chi connectivity index (χ0) is 23.8. The van der Waals surface area contributed by atoms with Crippen LogP contribution in [0.15, 0.2) is 54.6 Å². The molecule has 0 atom stereocenters. The lowest BCUT2D eigenvalue weighted by Crippen LogP contribution is -2.07. The summed E-state index contributed by atoms with van der Waals surface area (Å²) >= 11 is 0. The van der Waals surface area contributed by atoms with Gasteiger partial charge >= 0.3 is 0 Å². The van der Waals surface area contributed by atoms with Crippen molar-refractivity contribution < 1.29 is 0 Å². The van der Waals surface area contributed by atoms with Gasteiger partial charge in [-0.3, -0.25) is 0 Å². The molecule has 4 aromatic rings. The van der Waals surface area contributed by atoms with Crippen LogP contribution in [0.1, 0.15) is 63.3 Å². The van der Waals surface area contributed by atoms with Crippen LogP contribution in [0, 0.1) is 22.7 Å². The molecule has 0 amide bonds. The lowest BCUT2D eigenvalue weighted by molar-refractivity contribution is 0.556. The highest BCUT2D eigenvalue weighted by molar-refractivity contribution is 5.84. The third-order valence-electron chi connectivity index (χ3n) is 6.01. The minimum absolute atomic E-state index is 0.0201. The van der Waals surface area contributed by atoms with Crippen LogP contribution in [0.2, 0.25) is 0 Å². The Kier molecular flexibility index (Phi) is 7.63. The number of rotatable bonds is 10. The molecule has 34 heavy (non-hydrogen) atoms. The molecule has 2 aromatic heterocycles. The van der Waals surface area contributed by atoms with E-state index in [1.165, 1.54) is 32.1 Å². The molecule has 0 aliphatic carbocycles. The van der Waals surface area contributed by atoms with E-state index in [4.69, 9.17) is 4.98 Å². The second-order valence-electron chi connectivity index (χ2n) is 8.40. The van der Waals surface area contributed by atoms with E-state index >= 15 is 0 Å². The molecule has 6 nitrogen and oxygen atoms in total. The highest BCUT2D eigenvalue weighted by Crippen LogP contribution is 2.32. The largest absolute Gasteiger partial charge is 0.323 e. The molecule has 2 heterocycles. The fourth-order valence-corrected chi connectivity index (χ4v) is 4.25. The molecule has 0 aliphatic heterocycles. The van der Waals surface area contributed by atoms with E-state index in [-0.39, 0.29) is 11.4 Å². The molecule has 0 fully saturated rings. The van der Waals surface area contributed by atoms with Gasteiger partial charge < -0.3 is 4.57 Å². The van der Waals surface area contributed by atoms with Crippen molar-refractivity contribution in [2.24, 2.45) is 0 Å². The number of benzene rings is 2. The van der Waals surface area contributed by atoms with Gasteiger partial charge in [-0.2, -0.15) is 10.5 Å². The molecular weight excluding hydrogens is 420 g/mol. The van der Waals surface area contributed by atoms with E-state index in [1.807, 2.05) is 60.7 Å². The number of fused-ring (bicyclic) bond motifs is 1. The van der Waals surface area contributed by atoms with Crippen LogP contribution in [0.25, 0.3) is 33.8 Å². The van der Waals surface area contributed by atoms with Gasteiger partial charge in [0.2, 0.25) is 0 Å². The molecule has 0 saturated heterocycles. The molecule has 2 aromatic carbocycles. The van der Waals surface area contributed by atoms with Gasteiger partial charge in [-0.05, 0) is 18.6 Å². The average Bonchev–Trinajstić information content (AvgIpc) is 3.26. The summed E-state index contributed by atoms with van der Waals surface area (Å²) in [6.07, 6.45) is 8.55. The fraction of sp³-hybridized carbons (Fsp3) is 0.321. The Morgan fingerprint density at radius 1 is 0.706 bits per heavy atom.